The predicted molar refractivity (Wildman–Crippen MR) is 128 cm³/mol. The maximum absolute atomic E-state index is 12.7. The molecule has 8 nitrogen and oxygen atoms in total. The summed E-state index contributed by atoms with van der Waals surface area (Å²) in [6, 6.07) is 10.2. The van der Waals surface area contributed by atoms with Gasteiger partial charge in [0.2, 0.25) is 15.9 Å². The standard InChI is InChI=1S/C23H27N3O5S2/c1-2-31-23(28)13-8-18-6-9-19(10-7-18)25-21(27)17-32-22-12-11-20(16-24-22)33(29,30)26-14-4-3-5-15-26/h6-13,16H,2-5,14-15,17H2,1H3,(H,25,27)/b13-8+. The minimum Gasteiger partial charge on any atom is -0.463 e. The lowest BCUT2D eigenvalue weighted by molar-refractivity contribution is -0.137. The lowest BCUT2D eigenvalue weighted by atomic mass is 10.2. The van der Waals surface area contributed by atoms with Crippen molar-refractivity contribution in [3.63, 3.8) is 0 Å². The second-order valence-corrected chi connectivity index (χ2v) is 10.3. The van der Waals surface area contributed by atoms with Crippen LogP contribution in [0.1, 0.15) is 31.7 Å². The van der Waals surface area contributed by atoms with Gasteiger partial charge >= 0.3 is 5.97 Å². The van der Waals surface area contributed by atoms with E-state index >= 15 is 0 Å². The highest BCUT2D eigenvalue weighted by molar-refractivity contribution is 7.99. The number of ether oxygens (including phenoxy) is 1. The minimum absolute atomic E-state index is 0.135. The van der Waals surface area contributed by atoms with Crippen LogP contribution in [0, 0.1) is 0 Å². The van der Waals surface area contributed by atoms with E-state index in [4.69, 9.17) is 4.74 Å². The third-order valence-corrected chi connectivity index (χ3v) is 7.73. The molecule has 1 aliphatic heterocycles. The van der Waals surface area contributed by atoms with Crippen LogP contribution in [0.3, 0.4) is 0 Å². The molecule has 2 aromatic rings. The number of sulfonamides is 1. The second kappa shape index (κ2) is 12.0. The molecule has 33 heavy (non-hydrogen) atoms. The zero-order valence-corrected chi connectivity index (χ0v) is 20.0. The number of pyridine rings is 1. The Morgan fingerprint density at radius 3 is 2.48 bits per heavy atom. The smallest absolute Gasteiger partial charge is 0.330 e. The van der Waals surface area contributed by atoms with E-state index in [2.05, 4.69) is 10.3 Å². The SMILES string of the molecule is CCOC(=O)/C=C/c1ccc(NC(=O)CSc2ccc(S(=O)(=O)N3CCCCC3)cn2)cc1. The monoisotopic (exact) mass is 489 g/mol. The number of nitrogens with one attached hydrogen (secondary N) is 1. The molecule has 0 bridgehead atoms. The first-order valence-electron chi connectivity index (χ1n) is 10.7. The summed E-state index contributed by atoms with van der Waals surface area (Å²) in [7, 11) is -3.51. The van der Waals surface area contributed by atoms with Gasteiger partial charge in [0.05, 0.1) is 17.4 Å². The molecule has 1 aliphatic rings. The Morgan fingerprint density at radius 2 is 1.85 bits per heavy atom. The molecule has 1 aromatic heterocycles. The number of amides is 1. The molecule has 10 heteroatoms. The molecule has 1 saturated heterocycles. The van der Waals surface area contributed by atoms with Gasteiger partial charge in [-0.3, -0.25) is 4.79 Å². The van der Waals surface area contributed by atoms with Gasteiger partial charge in [-0.1, -0.05) is 30.3 Å². The quantitative estimate of drug-likeness (QED) is 0.326. The van der Waals surface area contributed by atoms with Crippen molar-refractivity contribution in [2.45, 2.75) is 36.1 Å². The van der Waals surface area contributed by atoms with Crippen LogP contribution >= 0.6 is 11.8 Å². The summed E-state index contributed by atoms with van der Waals surface area (Å²) in [6.45, 7) is 3.15. The van der Waals surface area contributed by atoms with Crippen LogP contribution in [0.4, 0.5) is 5.69 Å². The summed E-state index contributed by atoms with van der Waals surface area (Å²) in [5.41, 5.74) is 1.43. The molecular formula is C23H27N3O5S2. The molecule has 176 valence electrons. The predicted octanol–water partition coefficient (Wildman–Crippen LogP) is 3.56. The number of hydrogen-bond donors (Lipinski definition) is 1. The molecule has 0 unspecified atom stereocenters. The van der Waals surface area contributed by atoms with Crippen LogP contribution in [-0.4, -0.2) is 55.0 Å². The van der Waals surface area contributed by atoms with Crippen LogP contribution in [0.5, 0.6) is 0 Å². The molecule has 0 spiro atoms. The van der Waals surface area contributed by atoms with Gasteiger partial charge in [0.25, 0.3) is 0 Å². The number of benzene rings is 1. The number of anilines is 1. The minimum atomic E-state index is -3.51. The largest absolute Gasteiger partial charge is 0.463 e. The zero-order valence-electron chi connectivity index (χ0n) is 18.4. The van der Waals surface area contributed by atoms with Crippen LogP contribution in [0.25, 0.3) is 6.08 Å². The van der Waals surface area contributed by atoms with E-state index in [1.165, 1.54) is 28.3 Å². The second-order valence-electron chi connectivity index (χ2n) is 7.34. The normalized spacial score (nSPS) is 14.8. The van der Waals surface area contributed by atoms with Gasteiger partial charge in [0.15, 0.2) is 0 Å². The first-order valence-corrected chi connectivity index (χ1v) is 13.1. The van der Waals surface area contributed by atoms with E-state index in [0.29, 0.717) is 30.4 Å². The van der Waals surface area contributed by atoms with E-state index in [-0.39, 0.29) is 16.6 Å². The average Bonchev–Trinajstić information content (AvgIpc) is 2.83. The highest BCUT2D eigenvalue weighted by atomic mass is 32.2. The van der Waals surface area contributed by atoms with Gasteiger partial charge in [0.1, 0.15) is 4.90 Å². The fraction of sp³-hybridized carbons (Fsp3) is 0.348. The average molecular weight is 490 g/mol. The molecule has 3 rings (SSSR count). The van der Waals surface area contributed by atoms with E-state index in [9.17, 15) is 18.0 Å². The first-order chi connectivity index (χ1) is 15.9. The Hall–Kier alpha value is -2.69. The summed E-state index contributed by atoms with van der Waals surface area (Å²) in [6.07, 6.45) is 7.15. The number of carbonyl (C=O) groups excluding carboxylic acids is 2. The third-order valence-electron chi connectivity index (χ3n) is 4.91. The summed E-state index contributed by atoms with van der Waals surface area (Å²) in [4.78, 5) is 28.0. The molecule has 0 atom stereocenters. The number of aromatic nitrogens is 1. The van der Waals surface area contributed by atoms with Crippen molar-refractivity contribution < 1.29 is 22.7 Å². The highest BCUT2D eigenvalue weighted by Gasteiger charge is 2.26. The first kappa shape index (κ1) is 24.9. The summed E-state index contributed by atoms with van der Waals surface area (Å²) in [5, 5.41) is 3.37. The maximum atomic E-state index is 12.7. The number of thioether (sulfide) groups is 1. The van der Waals surface area contributed by atoms with Gasteiger partial charge in [-0.15, -0.1) is 0 Å². The third kappa shape index (κ3) is 7.41. The molecule has 2 heterocycles. The molecule has 1 aromatic carbocycles. The maximum Gasteiger partial charge on any atom is 0.330 e. The van der Waals surface area contributed by atoms with Crippen molar-refractivity contribution in [2.24, 2.45) is 0 Å². The topological polar surface area (TPSA) is 106 Å². The number of hydrogen-bond acceptors (Lipinski definition) is 7. The van der Waals surface area contributed by atoms with Crippen molar-refractivity contribution in [1.82, 2.24) is 9.29 Å². The lowest BCUT2D eigenvalue weighted by Crippen LogP contribution is -2.35. The molecule has 1 N–H and O–H groups in total. The Balaban J connectivity index is 1.49. The van der Waals surface area contributed by atoms with Crippen LogP contribution < -0.4 is 5.32 Å². The van der Waals surface area contributed by atoms with Crippen molar-refractivity contribution in [3.8, 4) is 0 Å². The van der Waals surface area contributed by atoms with Gasteiger partial charge in [-0.05, 0) is 55.7 Å². The number of carbonyl (C=O) groups is 2. The summed E-state index contributed by atoms with van der Waals surface area (Å²) >= 11 is 1.23. The molecule has 0 aliphatic carbocycles. The fourth-order valence-electron chi connectivity index (χ4n) is 3.23. The van der Waals surface area contributed by atoms with Gasteiger partial charge in [0, 0.05) is 31.0 Å². The lowest BCUT2D eigenvalue weighted by Gasteiger charge is -2.25. The van der Waals surface area contributed by atoms with Crippen molar-refractivity contribution in [3.05, 3.63) is 54.2 Å². The molecule has 1 amide bonds. The van der Waals surface area contributed by atoms with Crippen molar-refractivity contribution in [1.29, 1.82) is 0 Å². The number of nitrogens with zero attached hydrogens (tertiary/aromatic N) is 2. The Bertz CT molecular complexity index is 1080. The van der Waals surface area contributed by atoms with Crippen LogP contribution in [0.15, 0.2) is 58.6 Å². The van der Waals surface area contributed by atoms with Gasteiger partial charge in [-0.25, -0.2) is 18.2 Å². The van der Waals surface area contributed by atoms with Crippen molar-refractivity contribution in [2.75, 3.05) is 30.8 Å². The van der Waals surface area contributed by atoms with Gasteiger partial charge in [-0.2, -0.15) is 4.31 Å². The number of rotatable bonds is 9. The summed E-state index contributed by atoms with van der Waals surface area (Å²) in [5.74, 6) is -0.477. The fourth-order valence-corrected chi connectivity index (χ4v) is 5.33. The zero-order chi connectivity index (χ0) is 23.7. The summed E-state index contributed by atoms with van der Waals surface area (Å²) < 4.78 is 31.7. The Morgan fingerprint density at radius 1 is 1.12 bits per heavy atom. The van der Waals surface area contributed by atoms with Gasteiger partial charge < -0.3 is 10.1 Å². The molecular weight excluding hydrogens is 462 g/mol. The molecule has 0 radical (unpaired) electrons. The Labute approximate surface area is 198 Å². The number of piperidine rings is 1. The van der Waals surface area contributed by atoms with Crippen LogP contribution in [-0.2, 0) is 24.3 Å². The van der Waals surface area contributed by atoms with E-state index in [1.807, 2.05) is 0 Å². The van der Waals surface area contributed by atoms with Crippen molar-refractivity contribution >= 4 is 45.4 Å². The van der Waals surface area contributed by atoms with E-state index in [1.54, 1.807) is 49.4 Å². The van der Waals surface area contributed by atoms with E-state index in [0.717, 1.165) is 24.8 Å². The molecule has 1 fully saturated rings. The Kier molecular flexibility index (Phi) is 9.04. The number of esters is 1. The van der Waals surface area contributed by atoms with E-state index < -0.39 is 16.0 Å². The highest BCUT2D eigenvalue weighted by Crippen LogP contribution is 2.22. The molecule has 0 saturated carbocycles. The van der Waals surface area contributed by atoms with Crippen LogP contribution in [0.2, 0.25) is 0 Å².